The van der Waals surface area contributed by atoms with Crippen molar-refractivity contribution in [2.24, 2.45) is 23.2 Å². The molecule has 1 aromatic carbocycles. The van der Waals surface area contributed by atoms with Crippen molar-refractivity contribution in [2.75, 3.05) is 6.54 Å². The molecule has 4 aliphatic carbocycles. The molecule has 1 aromatic heterocycles. The summed E-state index contributed by atoms with van der Waals surface area (Å²) in [6.07, 6.45) is 8.16. The van der Waals surface area contributed by atoms with Crippen LogP contribution in [0, 0.1) is 23.2 Å². The number of nitrogens with one attached hydrogen (secondary N) is 1. The van der Waals surface area contributed by atoms with E-state index in [1.54, 1.807) is 6.07 Å². The molecule has 1 N–H and O–H groups in total. The van der Waals surface area contributed by atoms with Crippen LogP contribution in [0.1, 0.15) is 81.2 Å². The minimum atomic E-state index is -0.100. The number of benzene rings is 1. The Labute approximate surface area is 185 Å². The molecule has 31 heavy (non-hydrogen) atoms. The van der Waals surface area contributed by atoms with Crippen LogP contribution in [0.15, 0.2) is 40.8 Å². The Bertz CT molecular complexity index is 899. The molecule has 4 saturated carbocycles. The van der Waals surface area contributed by atoms with Crippen LogP contribution in [0.5, 0.6) is 5.75 Å². The molecule has 4 fully saturated rings. The first-order valence-corrected chi connectivity index (χ1v) is 11.9. The zero-order chi connectivity index (χ0) is 21.6. The van der Waals surface area contributed by atoms with Crippen LogP contribution in [0.4, 0.5) is 0 Å². The molecule has 0 aliphatic heterocycles. The zero-order valence-electron chi connectivity index (χ0n) is 19.1. The maximum absolute atomic E-state index is 12.7. The van der Waals surface area contributed by atoms with Gasteiger partial charge in [0.15, 0.2) is 5.76 Å². The number of hydrogen-bond acceptors (Lipinski definition) is 3. The van der Waals surface area contributed by atoms with E-state index < -0.39 is 0 Å². The van der Waals surface area contributed by atoms with Gasteiger partial charge in [0.05, 0.1) is 0 Å². The summed E-state index contributed by atoms with van der Waals surface area (Å²) in [5, 5.41) is 3.19. The highest BCUT2D eigenvalue weighted by atomic mass is 16.5. The van der Waals surface area contributed by atoms with E-state index in [2.05, 4.69) is 38.2 Å². The van der Waals surface area contributed by atoms with Crippen LogP contribution in [0.3, 0.4) is 0 Å². The molecule has 4 bridgehead atoms. The summed E-state index contributed by atoms with van der Waals surface area (Å²) < 4.78 is 11.6. The zero-order valence-corrected chi connectivity index (χ0v) is 19.1. The Morgan fingerprint density at radius 1 is 1.00 bits per heavy atom. The van der Waals surface area contributed by atoms with Gasteiger partial charge in [-0.2, -0.15) is 0 Å². The lowest BCUT2D eigenvalue weighted by Crippen LogP contribution is -2.51. The SMILES string of the molecule is CC(C)(C)c1ccc(OCc2ccc(C(=O)NCC34CC5CC(CC(C5)C3)C4)o2)cc1. The lowest BCUT2D eigenvalue weighted by molar-refractivity contribution is -0.0504. The maximum Gasteiger partial charge on any atom is 0.287 e. The third-order valence-corrected chi connectivity index (χ3v) is 7.78. The van der Waals surface area contributed by atoms with E-state index >= 15 is 0 Å². The highest BCUT2D eigenvalue weighted by Crippen LogP contribution is 2.59. The fourth-order valence-electron chi connectivity index (χ4n) is 6.64. The number of hydrogen-bond donors (Lipinski definition) is 1. The Kier molecular flexibility index (Phi) is 5.15. The number of carbonyl (C=O) groups is 1. The normalized spacial score (nSPS) is 29.2. The lowest BCUT2D eigenvalue weighted by Gasteiger charge is -2.56. The van der Waals surface area contributed by atoms with Gasteiger partial charge in [0.25, 0.3) is 5.91 Å². The molecular formula is C27H35NO3. The monoisotopic (exact) mass is 421 g/mol. The fourth-order valence-corrected chi connectivity index (χ4v) is 6.64. The average molecular weight is 422 g/mol. The van der Waals surface area contributed by atoms with Crippen molar-refractivity contribution in [2.45, 2.75) is 71.3 Å². The maximum atomic E-state index is 12.7. The van der Waals surface area contributed by atoms with Crippen molar-refractivity contribution >= 4 is 5.91 Å². The van der Waals surface area contributed by atoms with E-state index in [9.17, 15) is 4.79 Å². The van der Waals surface area contributed by atoms with E-state index in [0.29, 0.717) is 23.5 Å². The van der Waals surface area contributed by atoms with E-state index in [0.717, 1.165) is 30.0 Å². The van der Waals surface area contributed by atoms with Gasteiger partial charge in [-0.15, -0.1) is 0 Å². The summed E-state index contributed by atoms with van der Waals surface area (Å²) >= 11 is 0. The molecule has 0 saturated heterocycles. The Balaban J connectivity index is 1.14. The van der Waals surface area contributed by atoms with E-state index in [-0.39, 0.29) is 11.3 Å². The van der Waals surface area contributed by atoms with Gasteiger partial charge in [0.2, 0.25) is 0 Å². The Morgan fingerprint density at radius 3 is 2.19 bits per heavy atom. The smallest absolute Gasteiger partial charge is 0.287 e. The van der Waals surface area contributed by atoms with E-state index in [4.69, 9.17) is 9.15 Å². The van der Waals surface area contributed by atoms with Crippen LogP contribution in [-0.4, -0.2) is 12.5 Å². The van der Waals surface area contributed by atoms with Crippen molar-refractivity contribution < 1.29 is 13.9 Å². The molecule has 0 unspecified atom stereocenters. The van der Waals surface area contributed by atoms with Crippen LogP contribution in [0.25, 0.3) is 0 Å². The summed E-state index contributed by atoms with van der Waals surface area (Å²) in [7, 11) is 0. The van der Waals surface area contributed by atoms with Crippen LogP contribution in [0.2, 0.25) is 0 Å². The van der Waals surface area contributed by atoms with E-state index in [1.807, 2.05) is 18.2 Å². The molecule has 1 heterocycles. The molecule has 0 radical (unpaired) electrons. The van der Waals surface area contributed by atoms with Crippen molar-refractivity contribution in [3.05, 3.63) is 53.5 Å². The highest BCUT2D eigenvalue weighted by Gasteiger charge is 2.50. The number of amides is 1. The summed E-state index contributed by atoms with van der Waals surface area (Å²) in [6.45, 7) is 7.70. The predicted molar refractivity (Wildman–Crippen MR) is 121 cm³/mol. The van der Waals surface area contributed by atoms with Gasteiger partial charge in [-0.25, -0.2) is 0 Å². The van der Waals surface area contributed by atoms with Gasteiger partial charge < -0.3 is 14.5 Å². The van der Waals surface area contributed by atoms with Crippen molar-refractivity contribution in [1.82, 2.24) is 5.32 Å². The third-order valence-electron chi connectivity index (χ3n) is 7.78. The highest BCUT2D eigenvalue weighted by molar-refractivity contribution is 5.91. The first-order chi connectivity index (χ1) is 14.8. The Hall–Kier alpha value is -2.23. The molecule has 0 spiro atoms. The van der Waals surface area contributed by atoms with Gasteiger partial charge in [-0.1, -0.05) is 32.9 Å². The lowest BCUT2D eigenvalue weighted by atomic mass is 9.49. The summed E-state index contributed by atoms with van der Waals surface area (Å²) in [5.41, 5.74) is 1.73. The standard InChI is InChI=1S/C27H35NO3/c1-26(2,3)21-4-6-22(7-5-21)30-16-23-8-9-24(31-23)25(29)28-17-27-13-18-10-19(14-27)12-20(11-18)15-27/h4-9,18-20H,10-17H2,1-3H3,(H,28,29). The minimum Gasteiger partial charge on any atom is -0.486 e. The van der Waals surface area contributed by atoms with Crippen LogP contribution < -0.4 is 10.1 Å². The average Bonchev–Trinajstić information content (AvgIpc) is 3.18. The minimum absolute atomic E-state index is 0.100. The quantitative estimate of drug-likeness (QED) is 0.613. The largest absolute Gasteiger partial charge is 0.486 e. The van der Waals surface area contributed by atoms with Crippen LogP contribution >= 0.6 is 0 Å². The second kappa shape index (κ2) is 7.72. The second-order valence-corrected chi connectivity index (χ2v) is 11.4. The first-order valence-electron chi connectivity index (χ1n) is 11.9. The topological polar surface area (TPSA) is 51.5 Å². The van der Waals surface area contributed by atoms with E-state index in [1.165, 1.54) is 44.1 Å². The van der Waals surface area contributed by atoms with Crippen LogP contribution in [-0.2, 0) is 12.0 Å². The molecular weight excluding hydrogens is 386 g/mol. The first kappa shape index (κ1) is 20.7. The van der Waals surface area contributed by atoms with Crippen molar-refractivity contribution in [1.29, 1.82) is 0 Å². The van der Waals surface area contributed by atoms with Gasteiger partial charge >= 0.3 is 0 Å². The fraction of sp³-hybridized carbons (Fsp3) is 0.593. The molecule has 4 nitrogen and oxygen atoms in total. The molecule has 4 aliphatic rings. The summed E-state index contributed by atoms with van der Waals surface area (Å²) in [5.74, 6) is 4.44. The second-order valence-electron chi connectivity index (χ2n) is 11.4. The molecule has 0 atom stereocenters. The molecule has 2 aromatic rings. The number of furan rings is 1. The third kappa shape index (κ3) is 4.40. The Morgan fingerprint density at radius 2 is 1.61 bits per heavy atom. The number of rotatable bonds is 6. The number of carbonyl (C=O) groups excluding carboxylic acids is 1. The molecule has 4 heteroatoms. The van der Waals surface area contributed by atoms with Gasteiger partial charge in [-0.05, 0) is 96.9 Å². The van der Waals surface area contributed by atoms with Gasteiger partial charge in [-0.3, -0.25) is 4.79 Å². The molecule has 1 amide bonds. The molecule has 6 rings (SSSR count). The summed E-state index contributed by atoms with van der Waals surface area (Å²) in [6, 6.07) is 11.8. The number of ether oxygens (including phenoxy) is 1. The van der Waals surface area contributed by atoms with Gasteiger partial charge in [0, 0.05) is 6.54 Å². The summed E-state index contributed by atoms with van der Waals surface area (Å²) in [4.78, 5) is 12.7. The predicted octanol–water partition coefficient (Wildman–Crippen LogP) is 6.10. The van der Waals surface area contributed by atoms with Crippen molar-refractivity contribution in [3.63, 3.8) is 0 Å². The van der Waals surface area contributed by atoms with Gasteiger partial charge in [0.1, 0.15) is 18.1 Å². The van der Waals surface area contributed by atoms with Crippen molar-refractivity contribution in [3.8, 4) is 5.75 Å². The molecule has 166 valence electrons.